The Labute approximate surface area is 193 Å². The van der Waals surface area contributed by atoms with Crippen molar-refractivity contribution in [3.8, 4) is 11.5 Å². The summed E-state index contributed by atoms with van der Waals surface area (Å²) in [4.78, 5) is 23.9. The molecule has 0 heterocycles. The van der Waals surface area contributed by atoms with Gasteiger partial charge in [0.05, 0.1) is 13.3 Å². The van der Waals surface area contributed by atoms with Crippen molar-refractivity contribution in [3.05, 3.63) is 90.0 Å². The summed E-state index contributed by atoms with van der Waals surface area (Å²) in [5, 5.41) is 6.75. The van der Waals surface area contributed by atoms with E-state index in [9.17, 15) is 9.59 Å². The van der Waals surface area contributed by atoms with Crippen molar-refractivity contribution in [1.29, 1.82) is 0 Å². The number of hydrazone groups is 1. The van der Waals surface area contributed by atoms with Crippen molar-refractivity contribution >= 4 is 23.7 Å². The van der Waals surface area contributed by atoms with E-state index >= 15 is 0 Å². The van der Waals surface area contributed by atoms with Gasteiger partial charge in [0.25, 0.3) is 5.91 Å². The lowest BCUT2D eigenvalue weighted by atomic mass is 10.1. The maximum absolute atomic E-state index is 12.0. The fraction of sp³-hybridized carbons (Fsp3) is 0.192. The zero-order valence-electron chi connectivity index (χ0n) is 18.5. The van der Waals surface area contributed by atoms with E-state index < -0.39 is 0 Å². The topological polar surface area (TPSA) is 89.0 Å². The number of carbonyl (C=O) groups excluding carboxylic acids is 2. The van der Waals surface area contributed by atoms with Crippen LogP contribution in [0.2, 0.25) is 0 Å². The molecule has 0 aliphatic carbocycles. The predicted molar refractivity (Wildman–Crippen MR) is 129 cm³/mol. The highest BCUT2D eigenvalue weighted by Crippen LogP contribution is 2.13. The second-order valence-corrected chi connectivity index (χ2v) is 7.27. The predicted octanol–water partition coefficient (Wildman–Crippen LogP) is 4.19. The first kappa shape index (κ1) is 23.5. The number of hydrogen-bond acceptors (Lipinski definition) is 5. The molecule has 33 heavy (non-hydrogen) atoms. The first-order chi connectivity index (χ1) is 16.1. The smallest absolute Gasteiger partial charge is 0.262 e. The van der Waals surface area contributed by atoms with Gasteiger partial charge in [-0.25, -0.2) is 5.43 Å². The van der Waals surface area contributed by atoms with Gasteiger partial charge in [-0.1, -0.05) is 30.3 Å². The maximum atomic E-state index is 12.0. The van der Waals surface area contributed by atoms with Crippen molar-refractivity contribution in [3.63, 3.8) is 0 Å². The molecule has 0 spiro atoms. The van der Waals surface area contributed by atoms with E-state index in [-0.39, 0.29) is 18.4 Å². The van der Waals surface area contributed by atoms with Crippen LogP contribution in [0.5, 0.6) is 11.5 Å². The lowest BCUT2D eigenvalue weighted by Crippen LogP contribution is -2.20. The van der Waals surface area contributed by atoms with Crippen LogP contribution in [0.3, 0.4) is 0 Å². The molecule has 3 aromatic rings. The Balaban J connectivity index is 1.34. The van der Waals surface area contributed by atoms with Gasteiger partial charge >= 0.3 is 0 Å². The van der Waals surface area contributed by atoms with Crippen LogP contribution < -0.4 is 20.2 Å². The zero-order chi connectivity index (χ0) is 23.3. The number of nitrogens with one attached hydrogen (secondary N) is 2. The molecule has 0 fully saturated rings. The number of amides is 2. The van der Waals surface area contributed by atoms with Gasteiger partial charge < -0.3 is 14.8 Å². The number of methoxy groups -OCH3 is 1. The van der Waals surface area contributed by atoms with Gasteiger partial charge in [-0.2, -0.15) is 5.10 Å². The quantitative estimate of drug-likeness (QED) is 0.342. The molecular formula is C26H27N3O4. The van der Waals surface area contributed by atoms with E-state index in [1.807, 2.05) is 54.6 Å². The summed E-state index contributed by atoms with van der Waals surface area (Å²) in [6.07, 6.45) is 3.50. The highest BCUT2D eigenvalue weighted by molar-refractivity contribution is 5.91. The molecule has 0 bridgehead atoms. The molecule has 3 rings (SSSR count). The van der Waals surface area contributed by atoms with E-state index in [1.165, 1.54) is 0 Å². The number of carbonyl (C=O) groups is 2. The molecule has 0 saturated carbocycles. The minimum Gasteiger partial charge on any atom is -0.497 e. The Hall–Kier alpha value is -4.13. The molecular weight excluding hydrogens is 418 g/mol. The average Bonchev–Trinajstić information content (AvgIpc) is 2.84. The number of ether oxygens (including phenoxy) is 2. The van der Waals surface area contributed by atoms with Crippen LogP contribution >= 0.6 is 0 Å². The molecule has 7 nitrogen and oxygen atoms in total. The Kier molecular flexibility index (Phi) is 9.03. The number of para-hydroxylation sites is 1. The summed E-state index contributed by atoms with van der Waals surface area (Å²) < 4.78 is 10.6. The minimum atomic E-state index is -0.235. The van der Waals surface area contributed by atoms with Crippen LogP contribution in [0.1, 0.15) is 24.0 Å². The second-order valence-electron chi connectivity index (χ2n) is 7.27. The fourth-order valence-corrected chi connectivity index (χ4v) is 3.00. The largest absolute Gasteiger partial charge is 0.497 e. The highest BCUT2D eigenvalue weighted by atomic mass is 16.5. The summed E-state index contributed by atoms with van der Waals surface area (Å²) in [5.41, 5.74) is 5.22. The Morgan fingerprint density at radius 1 is 0.879 bits per heavy atom. The first-order valence-corrected chi connectivity index (χ1v) is 10.6. The molecule has 0 saturated heterocycles. The summed E-state index contributed by atoms with van der Waals surface area (Å²) in [7, 11) is 1.64. The van der Waals surface area contributed by atoms with Crippen molar-refractivity contribution in [2.75, 3.05) is 19.0 Å². The number of benzene rings is 3. The first-order valence-electron chi connectivity index (χ1n) is 10.6. The molecule has 7 heteroatoms. The molecule has 0 aliphatic heterocycles. The van der Waals surface area contributed by atoms with Gasteiger partial charge in [0.1, 0.15) is 11.5 Å². The highest BCUT2D eigenvalue weighted by Gasteiger charge is 2.04. The summed E-state index contributed by atoms with van der Waals surface area (Å²) in [5.74, 6) is 1.02. The van der Waals surface area contributed by atoms with Crippen LogP contribution in [0, 0.1) is 0 Å². The number of hydrogen-bond donors (Lipinski definition) is 2. The van der Waals surface area contributed by atoms with Crippen molar-refractivity contribution in [2.24, 2.45) is 5.10 Å². The van der Waals surface area contributed by atoms with Crippen molar-refractivity contribution < 1.29 is 19.1 Å². The van der Waals surface area contributed by atoms with Crippen LogP contribution in [-0.2, 0) is 16.0 Å². The third kappa shape index (κ3) is 8.49. The third-order valence-corrected chi connectivity index (χ3v) is 4.74. The molecule has 3 aromatic carbocycles. The number of anilines is 1. The molecule has 0 unspecified atom stereocenters. The lowest BCUT2D eigenvalue weighted by molar-refractivity contribution is -0.121. The lowest BCUT2D eigenvalue weighted by Gasteiger charge is -2.07. The number of aryl methyl sites for hydroxylation is 1. The average molecular weight is 446 g/mol. The Morgan fingerprint density at radius 2 is 1.58 bits per heavy atom. The van der Waals surface area contributed by atoms with Gasteiger partial charge in [-0.15, -0.1) is 0 Å². The molecule has 0 atom stereocenters. The van der Waals surface area contributed by atoms with Gasteiger partial charge in [-0.05, 0) is 72.5 Å². The normalized spacial score (nSPS) is 10.6. The Bertz CT molecular complexity index is 1050. The van der Waals surface area contributed by atoms with Crippen LogP contribution in [0.15, 0.2) is 84.0 Å². The Morgan fingerprint density at radius 3 is 2.27 bits per heavy atom. The minimum absolute atomic E-state index is 0.0884. The molecule has 0 aromatic heterocycles. The summed E-state index contributed by atoms with van der Waals surface area (Å²) >= 11 is 0. The fourth-order valence-electron chi connectivity index (χ4n) is 3.00. The van der Waals surface area contributed by atoms with E-state index in [4.69, 9.17) is 9.47 Å². The van der Waals surface area contributed by atoms with Gasteiger partial charge in [-0.3, -0.25) is 9.59 Å². The third-order valence-electron chi connectivity index (χ3n) is 4.74. The van der Waals surface area contributed by atoms with Gasteiger partial charge in [0.2, 0.25) is 5.91 Å². The van der Waals surface area contributed by atoms with E-state index in [0.29, 0.717) is 12.2 Å². The molecule has 2 N–H and O–H groups in total. The van der Waals surface area contributed by atoms with Crippen molar-refractivity contribution in [1.82, 2.24) is 5.43 Å². The van der Waals surface area contributed by atoms with Gasteiger partial charge in [0, 0.05) is 12.1 Å². The zero-order valence-corrected chi connectivity index (χ0v) is 18.5. The summed E-state index contributed by atoms with van der Waals surface area (Å²) in [6, 6.07) is 24.1. The van der Waals surface area contributed by atoms with Crippen LogP contribution in [-0.4, -0.2) is 31.7 Å². The summed E-state index contributed by atoms with van der Waals surface area (Å²) in [6.45, 7) is -0.0884. The standard InChI is InChI=1S/C26H27N3O4/c1-32-23-14-10-20(11-15-23)6-5-9-25(30)29-27-18-21-12-16-24(17-13-21)33-19-26(31)28-22-7-3-2-4-8-22/h2-4,7-8,10-18H,5-6,9,19H2,1H3,(H,28,31)(H,29,30). The van der Waals surface area contributed by atoms with E-state index in [1.54, 1.807) is 37.6 Å². The number of nitrogens with zero attached hydrogens (tertiary/aromatic N) is 1. The van der Waals surface area contributed by atoms with Crippen LogP contribution in [0.4, 0.5) is 5.69 Å². The SMILES string of the molecule is COc1ccc(CCCC(=O)NN=Cc2ccc(OCC(=O)Nc3ccccc3)cc2)cc1. The second kappa shape index (κ2) is 12.7. The van der Waals surface area contributed by atoms with Crippen molar-refractivity contribution in [2.45, 2.75) is 19.3 Å². The molecule has 2 amide bonds. The van der Waals surface area contributed by atoms with E-state index in [0.717, 1.165) is 35.4 Å². The van der Waals surface area contributed by atoms with E-state index in [2.05, 4.69) is 15.8 Å². The maximum Gasteiger partial charge on any atom is 0.262 e. The molecule has 0 aliphatic rings. The monoisotopic (exact) mass is 445 g/mol. The van der Waals surface area contributed by atoms with Crippen LogP contribution in [0.25, 0.3) is 0 Å². The molecule has 0 radical (unpaired) electrons. The van der Waals surface area contributed by atoms with Gasteiger partial charge in [0.15, 0.2) is 6.61 Å². The molecule has 170 valence electrons. The number of rotatable bonds is 11.